The topological polar surface area (TPSA) is 106 Å². The van der Waals surface area contributed by atoms with E-state index in [1.54, 1.807) is 20.3 Å². The Hall–Kier alpha value is -3.81. The molecule has 1 saturated carbocycles. The molecule has 8 heteroatoms. The second kappa shape index (κ2) is 13.5. The Bertz CT molecular complexity index is 1230. The van der Waals surface area contributed by atoms with Crippen LogP contribution in [0, 0.1) is 17.2 Å². The minimum atomic E-state index is -0.749. The largest absolute Gasteiger partial charge is 0.493 e. The Balaban J connectivity index is 1.40. The quantitative estimate of drug-likeness (QED) is 0.295. The van der Waals surface area contributed by atoms with E-state index in [1.165, 1.54) is 16.7 Å². The van der Waals surface area contributed by atoms with Gasteiger partial charge in [-0.3, -0.25) is 9.59 Å². The average Bonchev–Trinajstić information content (AvgIpc) is 3.82. The van der Waals surface area contributed by atoms with Crippen LogP contribution < -0.4 is 15.0 Å². The molecule has 2 fully saturated rings. The molecule has 1 amide bonds. The van der Waals surface area contributed by atoms with Crippen molar-refractivity contribution in [1.82, 2.24) is 10.2 Å². The third kappa shape index (κ3) is 7.23. The number of ether oxygens (including phenoxy) is 1. The third-order valence-corrected chi connectivity index (χ3v) is 8.15. The fraction of sp³-hybridized carbons (Fsp3) is 0.469. The molecular weight excluding hydrogens is 504 g/mol. The molecule has 1 aliphatic carbocycles. The summed E-state index contributed by atoms with van der Waals surface area (Å²) in [4.78, 5) is 28.7. The van der Waals surface area contributed by atoms with E-state index in [-0.39, 0.29) is 18.2 Å². The van der Waals surface area contributed by atoms with Gasteiger partial charge in [0.1, 0.15) is 5.75 Å². The van der Waals surface area contributed by atoms with Crippen LogP contribution in [0.15, 0.2) is 54.4 Å². The van der Waals surface area contributed by atoms with E-state index in [9.17, 15) is 14.7 Å². The van der Waals surface area contributed by atoms with Crippen LogP contribution in [-0.4, -0.2) is 61.9 Å². The van der Waals surface area contributed by atoms with Crippen molar-refractivity contribution >= 4 is 23.8 Å². The molecule has 0 bridgehead atoms. The molecule has 40 heavy (non-hydrogen) atoms. The van der Waals surface area contributed by atoms with Crippen LogP contribution in [0.25, 0.3) is 0 Å². The summed E-state index contributed by atoms with van der Waals surface area (Å²) in [5.74, 6) is 0.843. The van der Waals surface area contributed by atoms with E-state index in [0.29, 0.717) is 29.7 Å². The van der Waals surface area contributed by atoms with E-state index in [1.807, 2.05) is 36.4 Å². The lowest BCUT2D eigenvalue weighted by Crippen LogP contribution is -2.37. The third-order valence-electron chi connectivity index (χ3n) is 8.15. The molecule has 1 aliphatic heterocycles. The van der Waals surface area contributed by atoms with Gasteiger partial charge in [-0.25, -0.2) is 0 Å². The number of rotatable bonds is 13. The molecule has 2 aliphatic rings. The molecular formula is C32H42N4O4. The van der Waals surface area contributed by atoms with Crippen molar-refractivity contribution in [1.29, 1.82) is 5.41 Å². The fourth-order valence-corrected chi connectivity index (χ4v) is 5.55. The maximum Gasteiger partial charge on any atom is 0.303 e. The number of carboxylic acids is 1. The predicted molar refractivity (Wildman–Crippen MR) is 158 cm³/mol. The Morgan fingerprint density at radius 3 is 2.55 bits per heavy atom. The molecule has 2 aromatic rings. The highest BCUT2D eigenvalue weighted by molar-refractivity contribution is 6.02. The highest BCUT2D eigenvalue weighted by Crippen LogP contribution is 2.45. The second-order valence-electron chi connectivity index (χ2n) is 10.9. The van der Waals surface area contributed by atoms with Gasteiger partial charge in [0.05, 0.1) is 24.3 Å². The van der Waals surface area contributed by atoms with Crippen LogP contribution >= 0.6 is 0 Å². The lowest BCUT2D eigenvalue weighted by molar-refractivity contribution is -0.137. The number of nitrogens with zero attached hydrogens (tertiary/aromatic N) is 2. The van der Waals surface area contributed by atoms with Crippen molar-refractivity contribution in [3.63, 3.8) is 0 Å². The van der Waals surface area contributed by atoms with E-state index >= 15 is 0 Å². The molecule has 0 spiro atoms. The summed E-state index contributed by atoms with van der Waals surface area (Å²) in [6.07, 6.45) is 7.98. The molecule has 1 atom stereocenters. The van der Waals surface area contributed by atoms with Gasteiger partial charge >= 0.3 is 5.97 Å². The summed E-state index contributed by atoms with van der Waals surface area (Å²) in [6.45, 7) is 4.39. The number of carbonyl (C=O) groups excluding carboxylic acids is 1. The number of hydrogen-bond acceptors (Lipinski definition) is 6. The van der Waals surface area contributed by atoms with Crippen molar-refractivity contribution < 1.29 is 19.4 Å². The molecule has 3 N–H and O–H groups in total. The molecule has 1 heterocycles. The van der Waals surface area contributed by atoms with Crippen molar-refractivity contribution in [3.8, 4) is 5.75 Å². The predicted octanol–water partition coefficient (Wildman–Crippen LogP) is 5.30. The van der Waals surface area contributed by atoms with Crippen molar-refractivity contribution in [2.75, 3.05) is 38.7 Å². The number of hydrogen-bond donors (Lipinski definition) is 3. The fourth-order valence-electron chi connectivity index (χ4n) is 5.55. The first kappa shape index (κ1) is 29.2. The smallest absolute Gasteiger partial charge is 0.303 e. The number of amides is 1. The number of piperidine rings is 1. The first-order valence-corrected chi connectivity index (χ1v) is 14.3. The van der Waals surface area contributed by atoms with Gasteiger partial charge in [0.2, 0.25) is 0 Å². The molecule has 214 valence electrons. The van der Waals surface area contributed by atoms with E-state index in [0.717, 1.165) is 62.2 Å². The zero-order valence-corrected chi connectivity index (χ0v) is 23.9. The minimum absolute atomic E-state index is 0.0583. The summed E-state index contributed by atoms with van der Waals surface area (Å²) in [5, 5.41) is 20.0. The number of anilines is 1. The van der Waals surface area contributed by atoms with Crippen molar-refractivity contribution in [2.45, 2.75) is 51.4 Å². The summed E-state index contributed by atoms with van der Waals surface area (Å²) in [6, 6.07) is 14.0. The Kier molecular flexibility index (Phi) is 9.85. The normalized spacial score (nSPS) is 16.8. The van der Waals surface area contributed by atoms with Crippen LogP contribution in [0.1, 0.15) is 66.4 Å². The minimum Gasteiger partial charge on any atom is -0.493 e. The molecule has 4 rings (SSSR count). The number of nitrogens with one attached hydrogen (secondary N) is 2. The van der Waals surface area contributed by atoms with Crippen LogP contribution in [0.3, 0.4) is 0 Å². The van der Waals surface area contributed by atoms with Crippen molar-refractivity contribution in [3.05, 3.63) is 71.1 Å². The summed E-state index contributed by atoms with van der Waals surface area (Å²) >= 11 is 0. The molecule has 1 unspecified atom stereocenters. The maximum atomic E-state index is 13.5. The van der Waals surface area contributed by atoms with Gasteiger partial charge in [-0.15, -0.1) is 0 Å². The molecule has 2 aromatic carbocycles. The SMILES string of the molecule is CCc1ccc(C(=O)N(C)/C(C=N)=C/NC)c(N2CCC(COc3cccc(C(CC(=O)O)C4CC4)c3)CC2)c1. The van der Waals surface area contributed by atoms with E-state index in [4.69, 9.17) is 10.1 Å². The van der Waals surface area contributed by atoms with Crippen molar-refractivity contribution in [2.24, 2.45) is 11.8 Å². The first-order chi connectivity index (χ1) is 19.3. The van der Waals surface area contributed by atoms with Crippen LogP contribution in [0.2, 0.25) is 0 Å². The Morgan fingerprint density at radius 1 is 1.18 bits per heavy atom. The lowest BCUT2D eigenvalue weighted by Gasteiger charge is -2.35. The zero-order chi connectivity index (χ0) is 28.6. The van der Waals surface area contributed by atoms with Gasteiger partial charge in [0.25, 0.3) is 5.91 Å². The monoisotopic (exact) mass is 546 g/mol. The number of allylic oxidation sites excluding steroid dienone is 1. The van der Waals surface area contributed by atoms with Gasteiger partial charge in [-0.05, 0) is 85.3 Å². The van der Waals surface area contributed by atoms with Gasteiger partial charge < -0.3 is 30.4 Å². The van der Waals surface area contributed by atoms with Gasteiger partial charge in [0, 0.05) is 45.3 Å². The van der Waals surface area contributed by atoms with Crippen LogP contribution in [0.5, 0.6) is 5.75 Å². The van der Waals surface area contributed by atoms with E-state index < -0.39 is 5.97 Å². The number of aryl methyl sites for hydroxylation is 1. The second-order valence-corrected chi connectivity index (χ2v) is 10.9. The standard InChI is InChI=1S/C32H42N4O4/c1-4-22-8-11-28(32(39)35(3)26(19-33)20-34-2)30(16-22)36-14-12-23(13-15-36)21-40-27-7-5-6-25(17-27)29(18-31(37)38)24-9-10-24/h5-8,11,16-17,19-20,23-24,29,33-34H,4,9-10,12-15,18,21H2,1-3H3,(H,37,38)/b26-20+,33-19?. The number of carbonyl (C=O) groups is 2. The number of carboxylic acid groups (broad SMARTS) is 1. The first-order valence-electron chi connectivity index (χ1n) is 14.3. The molecule has 8 nitrogen and oxygen atoms in total. The van der Waals surface area contributed by atoms with Crippen LogP contribution in [0.4, 0.5) is 5.69 Å². The van der Waals surface area contributed by atoms with Crippen LogP contribution in [-0.2, 0) is 11.2 Å². The Labute approximate surface area is 237 Å². The van der Waals surface area contributed by atoms with Gasteiger partial charge in [0.15, 0.2) is 0 Å². The highest BCUT2D eigenvalue weighted by Gasteiger charge is 2.34. The Morgan fingerprint density at radius 2 is 1.93 bits per heavy atom. The zero-order valence-electron chi connectivity index (χ0n) is 23.9. The summed E-state index contributed by atoms with van der Waals surface area (Å²) < 4.78 is 6.21. The summed E-state index contributed by atoms with van der Waals surface area (Å²) in [7, 11) is 3.44. The van der Waals surface area contributed by atoms with Gasteiger partial charge in [-0.1, -0.05) is 25.1 Å². The number of benzene rings is 2. The maximum absolute atomic E-state index is 13.5. The highest BCUT2D eigenvalue weighted by atomic mass is 16.5. The molecule has 1 saturated heterocycles. The number of aliphatic carboxylic acids is 1. The van der Waals surface area contributed by atoms with Gasteiger partial charge in [-0.2, -0.15) is 0 Å². The average molecular weight is 547 g/mol. The van der Waals surface area contributed by atoms with E-state index in [2.05, 4.69) is 23.2 Å². The summed E-state index contributed by atoms with van der Waals surface area (Å²) in [5.41, 5.74) is 4.32. The lowest BCUT2D eigenvalue weighted by atomic mass is 9.91. The molecule has 0 aromatic heterocycles. The molecule has 0 radical (unpaired) electrons.